The van der Waals surface area contributed by atoms with Crippen LogP contribution in [0.25, 0.3) is 11.0 Å². The molecule has 1 atom stereocenters. The lowest BCUT2D eigenvalue weighted by Gasteiger charge is -2.13. The number of thioether (sulfide) groups is 1. The number of Topliss-reactive ketones (excluding diaryl/α,β-unsaturated/α-hetero) is 1. The van der Waals surface area contributed by atoms with Crippen molar-refractivity contribution in [1.29, 1.82) is 0 Å². The second-order valence-electron chi connectivity index (χ2n) is 5.94. The lowest BCUT2D eigenvalue weighted by Crippen LogP contribution is -2.23. The van der Waals surface area contributed by atoms with Crippen molar-refractivity contribution in [3.8, 4) is 0 Å². The van der Waals surface area contributed by atoms with Crippen LogP contribution in [0.1, 0.15) is 35.8 Å². The van der Waals surface area contributed by atoms with Crippen LogP contribution in [0.4, 0.5) is 0 Å². The normalized spacial score (nSPS) is 12.1. The van der Waals surface area contributed by atoms with Crippen molar-refractivity contribution >= 4 is 34.5 Å². The molecule has 1 unspecified atom stereocenters. The topological polar surface area (TPSA) is 89.8 Å². The number of aryl methyl sites for hydroxylation is 1. The van der Waals surface area contributed by atoms with Crippen LogP contribution in [0.15, 0.2) is 41.8 Å². The van der Waals surface area contributed by atoms with Crippen molar-refractivity contribution in [1.82, 2.24) is 25.1 Å². The highest BCUT2D eigenvalue weighted by Crippen LogP contribution is 2.24. The molecule has 1 N–H and O–H groups in total. The van der Waals surface area contributed by atoms with Crippen LogP contribution in [-0.4, -0.2) is 37.2 Å². The lowest BCUT2D eigenvalue weighted by atomic mass is 10.0. The highest BCUT2D eigenvalue weighted by atomic mass is 32.2. The van der Waals surface area contributed by atoms with E-state index in [1.807, 2.05) is 26.1 Å². The van der Waals surface area contributed by atoms with Crippen molar-refractivity contribution in [2.24, 2.45) is 7.05 Å². The van der Waals surface area contributed by atoms with Gasteiger partial charge in [0.15, 0.2) is 11.4 Å². The number of benzene rings is 1. The second-order valence-corrected chi connectivity index (χ2v) is 6.90. The summed E-state index contributed by atoms with van der Waals surface area (Å²) in [6.45, 7) is 3.39. The van der Waals surface area contributed by atoms with Gasteiger partial charge in [0.05, 0.1) is 23.4 Å². The Bertz CT molecular complexity index is 952. The molecule has 0 aliphatic carbocycles. The molecule has 1 amide bonds. The molecule has 0 saturated heterocycles. The highest BCUT2D eigenvalue weighted by Gasteiger charge is 2.13. The van der Waals surface area contributed by atoms with Gasteiger partial charge in [0.25, 0.3) is 0 Å². The Morgan fingerprint density at radius 2 is 1.96 bits per heavy atom. The Hall–Kier alpha value is -2.74. The fourth-order valence-corrected chi connectivity index (χ4v) is 3.47. The van der Waals surface area contributed by atoms with E-state index in [0.29, 0.717) is 5.56 Å². The third-order valence-corrected chi connectivity index (χ3v) is 4.99. The van der Waals surface area contributed by atoms with E-state index in [1.165, 1.54) is 25.0 Å². The van der Waals surface area contributed by atoms with E-state index in [-0.39, 0.29) is 23.5 Å². The minimum Gasteiger partial charge on any atom is -0.350 e. The van der Waals surface area contributed by atoms with Gasteiger partial charge in [-0.2, -0.15) is 5.10 Å². The van der Waals surface area contributed by atoms with Crippen LogP contribution < -0.4 is 5.32 Å². The molecule has 134 valence electrons. The molecule has 26 heavy (non-hydrogen) atoms. The van der Waals surface area contributed by atoms with E-state index < -0.39 is 0 Å². The van der Waals surface area contributed by atoms with Crippen LogP contribution in [0, 0.1) is 0 Å². The van der Waals surface area contributed by atoms with E-state index in [9.17, 15) is 9.59 Å². The number of amides is 1. The van der Waals surface area contributed by atoms with Crippen LogP contribution >= 0.6 is 11.8 Å². The molecule has 2 heterocycles. The predicted octanol–water partition coefficient (Wildman–Crippen LogP) is 2.54. The highest BCUT2D eigenvalue weighted by molar-refractivity contribution is 8.00. The van der Waals surface area contributed by atoms with Gasteiger partial charge in [-0.05, 0) is 12.5 Å². The van der Waals surface area contributed by atoms with Crippen molar-refractivity contribution in [3.05, 3.63) is 47.9 Å². The molecule has 2 aromatic heterocycles. The number of ketones is 1. The minimum atomic E-state index is -0.0917. The molecule has 0 bridgehead atoms. The monoisotopic (exact) mass is 369 g/mol. The van der Waals surface area contributed by atoms with Gasteiger partial charge in [-0.25, -0.2) is 9.97 Å². The Morgan fingerprint density at radius 1 is 1.23 bits per heavy atom. The first kappa shape index (κ1) is 18.1. The molecule has 8 heteroatoms. The smallest absolute Gasteiger partial charge is 0.217 e. The summed E-state index contributed by atoms with van der Waals surface area (Å²) in [6.07, 6.45) is 3.19. The maximum Gasteiger partial charge on any atom is 0.217 e. The summed E-state index contributed by atoms with van der Waals surface area (Å²) in [5.74, 6) is 0.215. The maximum absolute atomic E-state index is 12.5. The van der Waals surface area contributed by atoms with Gasteiger partial charge in [-0.1, -0.05) is 36.0 Å². The molecule has 3 rings (SSSR count). The molecule has 1 aromatic carbocycles. The van der Waals surface area contributed by atoms with E-state index in [4.69, 9.17) is 0 Å². The first-order chi connectivity index (χ1) is 12.5. The number of aromatic nitrogens is 4. The summed E-state index contributed by atoms with van der Waals surface area (Å²) in [5, 5.41) is 8.58. The Balaban J connectivity index is 1.67. The van der Waals surface area contributed by atoms with Crippen molar-refractivity contribution in [2.75, 3.05) is 5.75 Å². The predicted molar refractivity (Wildman–Crippen MR) is 100 cm³/mol. The van der Waals surface area contributed by atoms with Crippen molar-refractivity contribution < 1.29 is 9.59 Å². The number of carbonyl (C=O) groups excluding carboxylic acids is 2. The van der Waals surface area contributed by atoms with Crippen molar-refractivity contribution in [3.63, 3.8) is 0 Å². The summed E-state index contributed by atoms with van der Waals surface area (Å²) in [4.78, 5) is 32.0. The number of rotatable bonds is 6. The Labute approximate surface area is 155 Å². The molecule has 0 fully saturated rings. The first-order valence-electron chi connectivity index (χ1n) is 8.11. The first-order valence-corrected chi connectivity index (χ1v) is 9.10. The Kier molecular flexibility index (Phi) is 5.32. The largest absolute Gasteiger partial charge is 0.350 e. The lowest BCUT2D eigenvalue weighted by molar-refractivity contribution is -0.119. The quantitative estimate of drug-likeness (QED) is 0.408. The molecule has 0 spiro atoms. The van der Waals surface area contributed by atoms with Crippen LogP contribution in [0.5, 0.6) is 0 Å². The number of nitrogens with one attached hydrogen (secondary N) is 1. The molecule has 0 radical (unpaired) electrons. The average Bonchev–Trinajstić information content (AvgIpc) is 3.01. The van der Waals surface area contributed by atoms with Gasteiger partial charge in [0.2, 0.25) is 5.91 Å². The molecule has 0 saturated carbocycles. The molecular weight excluding hydrogens is 350 g/mol. The Morgan fingerprint density at radius 3 is 2.65 bits per heavy atom. The number of hydrogen-bond donors (Lipinski definition) is 1. The second kappa shape index (κ2) is 7.65. The van der Waals surface area contributed by atoms with Gasteiger partial charge < -0.3 is 5.32 Å². The fourth-order valence-electron chi connectivity index (χ4n) is 2.62. The van der Waals surface area contributed by atoms with E-state index in [2.05, 4.69) is 20.4 Å². The SMILES string of the molecule is CC(=O)NC(C)c1ccc(C(=O)CSc2ncnc3c2cnn3C)cc1. The van der Waals surface area contributed by atoms with E-state index >= 15 is 0 Å². The summed E-state index contributed by atoms with van der Waals surface area (Å²) in [5.41, 5.74) is 2.33. The number of hydrogen-bond acceptors (Lipinski definition) is 6. The summed E-state index contributed by atoms with van der Waals surface area (Å²) in [6, 6.07) is 7.21. The molecule has 7 nitrogen and oxygen atoms in total. The molecular formula is C18H19N5O2S. The summed E-state index contributed by atoms with van der Waals surface area (Å²) in [7, 11) is 1.82. The summed E-state index contributed by atoms with van der Waals surface area (Å²) < 4.78 is 1.68. The third kappa shape index (κ3) is 3.91. The van der Waals surface area contributed by atoms with Gasteiger partial charge in [-0.3, -0.25) is 14.3 Å². The molecule has 0 aliphatic rings. The standard InChI is InChI=1S/C18H19N5O2S/c1-11(22-12(2)24)13-4-6-14(7-5-13)16(25)9-26-18-15-8-21-23(3)17(15)19-10-20-18/h4-8,10-11H,9H2,1-3H3,(H,22,24). The maximum atomic E-state index is 12.5. The van der Waals surface area contributed by atoms with E-state index in [0.717, 1.165) is 21.6 Å². The van der Waals surface area contributed by atoms with Gasteiger partial charge >= 0.3 is 0 Å². The third-order valence-electron chi connectivity index (χ3n) is 3.99. The van der Waals surface area contributed by atoms with Crippen LogP contribution in [0.3, 0.4) is 0 Å². The van der Waals surface area contributed by atoms with Gasteiger partial charge in [0, 0.05) is 19.5 Å². The number of carbonyl (C=O) groups is 2. The molecule has 0 aliphatic heterocycles. The van der Waals surface area contributed by atoms with Gasteiger partial charge in [0.1, 0.15) is 11.4 Å². The minimum absolute atomic E-state index is 0.0179. The zero-order chi connectivity index (χ0) is 18.7. The zero-order valence-electron chi connectivity index (χ0n) is 14.8. The van der Waals surface area contributed by atoms with Gasteiger partial charge in [-0.15, -0.1) is 0 Å². The average molecular weight is 369 g/mol. The summed E-state index contributed by atoms with van der Waals surface area (Å²) >= 11 is 1.37. The fraction of sp³-hybridized carbons (Fsp3) is 0.278. The van der Waals surface area contributed by atoms with Crippen LogP contribution in [-0.2, 0) is 11.8 Å². The number of fused-ring (bicyclic) bond motifs is 1. The van der Waals surface area contributed by atoms with Crippen LogP contribution in [0.2, 0.25) is 0 Å². The zero-order valence-corrected chi connectivity index (χ0v) is 15.6. The van der Waals surface area contributed by atoms with E-state index in [1.54, 1.807) is 23.0 Å². The van der Waals surface area contributed by atoms with Crippen molar-refractivity contribution in [2.45, 2.75) is 24.9 Å². The number of nitrogens with zero attached hydrogens (tertiary/aromatic N) is 4. The molecule has 3 aromatic rings.